The number of amidine groups is 1. The highest BCUT2D eigenvalue weighted by Gasteiger charge is 2.18. The zero-order valence-corrected chi connectivity index (χ0v) is 16.0. The minimum absolute atomic E-state index is 0.0813. The third kappa shape index (κ3) is 4.53. The zero-order chi connectivity index (χ0) is 20.8. The minimum atomic E-state index is -0.267. The van der Waals surface area contributed by atoms with Crippen molar-refractivity contribution in [1.82, 2.24) is 15.0 Å². The molecule has 9 nitrogen and oxygen atoms in total. The van der Waals surface area contributed by atoms with Gasteiger partial charge in [0, 0.05) is 35.9 Å². The molecule has 0 aliphatic carbocycles. The molecular formula is C20H22N8O. The van der Waals surface area contributed by atoms with Crippen LogP contribution in [0, 0.1) is 5.41 Å². The van der Waals surface area contributed by atoms with Crippen molar-refractivity contribution in [3.05, 3.63) is 60.7 Å². The number of hydrogen-bond acceptors (Lipinski definition) is 7. The van der Waals surface area contributed by atoms with Crippen LogP contribution in [-0.2, 0) is 4.79 Å². The number of amides is 1. The third-order valence-corrected chi connectivity index (χ3v) is 4.24. The number of aromatic nitrogens is 3. The van der Waals surface area contributed by atoms with Gasteiger partial charge < -0.3 is 21.7 Å². The normalized spacial score (nSPS) is 10.4. The van der Waals surface area contributed by atoms with Crippen molar-refractivity contribution in [1.29, 1.82) is 5.41 Å². The van der Waals surface area contributed by atoms with Gasteiger partial charge in [-0.1, -0.05) is 12.1 Å². The highest BCUT2D eigenvalue weighted by molar-refractivity contribution is 6.09. The van der Waals surface area contributed by atoms with E-state index < -0.39 is 0 Å². The number of nitrogens with zero attached hydrogens (tertiary/aromatic N) is 4. The molecule has 0 saturated heterocycles. The van der Waals surface area contributed by atoms with Crippen LogP contribution in [0.2, 0.25) is 0 Å². The molecule has 0 atom stereocenters. The van der Waals surface area contributed by atoms with Gasteiger partial charge in [-0.15, -0.1) is 0 Å². The summed E-state index contributed by atoms with van der Waals surface area (Å²) in [5, 5.41) is 11.3. The number of nitrogens with two attached hydrogens (primary N) is 2. The van der Waals surface area contributed by atoms with Gasteiger partial charge in [-0.3, -0.25) is 15.2 Å². The van der Waals surface area contributed by atoms with Gasteiger partial charge in [0.05, 0.1) is 18.4 Å². The first-order chi connectivity index (χ1) is 14.0. The molecule has 2 heterocycles. The fourth-order valence-electron chi connectivity index (χ4n) is 2.77. The Kier molecular flexibility index (Phi) is 6.10. The second-order valence-corrected chi connectivity index (χ2v) is 6.12. The Labute approximate surface area is 168 Å². The quantitative estimate of drug-likeness (QED) is 0.371. The number of carbonyl (C=O) groups is 1. The van der Waals surface area contributed by atoms with Gasteiger partial charge in [0.15, 0.2) is 11.7 Å². The Morgan fingerprint density at radius 1 is 1.17 bits per heavy atom. The van der Waals surface area contributed by atoms with E-state index in [4.69, 9.17) is 16.9 Å². The Balaban J connectivity index is 1.90. The van der Waals surface area contributed by atoms with E-state index in [1.165, 1.54) is 0 Å². The lowest BCUT2D eigenvalue weighted by atomic mass is 10.1. The van der Waals surface area contributed by atoms with Crippen LogP contribution >= 0.6 is 0 Å². The standard InChI is InChI=1S/C20H22N8O/c1-2-28(15-7-9-24-10-8-15)20(23)18-19(22)25-12-16(27-18)13-3-5-14(6-4-13)26-17(29)11-21/h3-10,12,23H,2,11,21H2,1H3,(H2,22,25)(H,26,29). The number of hydrogen-bond donors (Lipinski definition) is 4. The molecular weight excluding hydrogens is 368 g/mol. The maximum absolute atomic E-state index is 11.4. The van der Waals surface area contributed by atoms with Crippen LogP contribution in [-0.4, -0.2) is 39.8 Å². The van der Waals surface area contributed by atoms with Crippen LogP contribution in [0.4, 0.5) is 17.2 Å². The van der Waals surface area contributed by atoms with Gasteiger partial charge in [-0.25, -0.2) is 9.97 Å². The lowest BCUT2D eigenvalue weighted by Crippen LogP contribution is -2.32. The number of pyridine rings is 1. The largest absolute Gasteiger partial charge is 0.382 e. The maximum atomic E-state index is 11.4. The average molecular weight is 390 g/mol. The number of nitrogen functional groups attached to an aromatic ring is 1. The summed E-state index contributed by atoms with van der Waals surface area (Å²) in [6.07, 6.45) is 4.89. The third-order valence-electron chi connectivity index (χ3n) is 4.24. The van der Waals surface area contributed by atoms with Crippen LogP contribution in [0.3, 0.4) is 0 Å². The molecule has 0 unspecified atom stereocenters. The first-order valence-corrected chi connectivity index (χ1v) is 9.02. The molecule has 0 fully saturated rings. The van der Waals surface area contributed by atoms with Crippen LogP contribution in [0.25, 0.3) is 11.3 Å². The summed E-state index contributed by atoms with van der Waals surface area (Å²) in [5.74, 6) is 0.0620. The minimum Gasteiger partial charge on any atom is -0.382 e. The van der Waals surface area contributed by atoms with Crippen molar-refractivity contribution in [3.8, 4) is 11.3 Å². The van der Waals surface area contributed by atoms with E-state index >= 15 is 0 Å². The van der Waals surface area contributed by atoms with Crippen molar-refractivity contribution in [2.75, 3.05) is 29.0 Å². The predicted molar refractivity (Wildman–Crippen MR) is 114 cm³/mol. The molecule has 0 aliphatic heterocycles. The summed E-state index contributed by atoms with van der Waals surface area (Å²) in [6, 6.07) is 10.8. The molecule has 148 valence electrons. The van der Waals surface area contributed by atoms with Crippen LogP contribution < -0.4 is 21.7 Å². The van der Waals surface area contributed by atoms with Gasteiger partial charge in [0.2, 0.25) is 5.91 Å². The lowest BCUT2D eigenvalue weighted by molar-refractivity contribution is -0.114. The molecule has 1 amide bonds. The number of anilines is 3. The molecule has 3 rings (SSSR count). The molecule has 0 spiro atoms. The molecule has 0 saturated carbocycles. The first-order valence-electron chi connectivity index (χ1n) is 9.02. The molecule has 2 aromatic heterocycles. The smallest absolute Gasteiger partial charge is 0.238 e. The van der Waals surface area contributed by atoms with Crippen LogP contribution in [0.15, 0.2) is 55.0 Å². The van der Waals surface area contributed by atoms with E-state index in [9.17, 15) is 4.79 Å². The van der Waals surface area contributed by atoms with Crippen molar-refractivity contribution < 1.29 is 4.79 Å². The van der Waals surface area contributed by atoms with Crippen LogP contribution in [0.5, 0.6) is 0 Å². The zero-order valence-electron chi connectivity index (χ0n) is 16.0. The van der Waals surface area contributed by atoms with E-state index in [1.807, 2.05) is 19.1 Å². The summed E-state index contributed by atoms with van der Waals surface area (Å²) >= 11 is 0. The molecule has 0 bridgehead atoms. The van der Waals surface area contributed by atoms with Crippen molar-refractivity contribution in [2.45, 2.75) is 6.92 Å². The lowest BCUT2D eigenvalue weighted by Gasteiger charge is -2.23. The summed E-state index contributed by atoms with van der Waals surface area (Å²) in [6.45, 7) is 2.42. The SMILES string of the molecule is CCN(C(=N)c1nc(-c2ccc(NC(=O)CN)cc2)cnc1N)c1ccncc1. The number of benzene rings is 1. The van der Waals surface area contributed by atoms with Gasteiger partial charge in [0.25, 0.3) is 0 Å². The van der Waals surface area contributed by atoms with Crippen molar-refractivity contribution >= 4 is 28.9 Å². The van der Waals surface area contributed by atoms with E-state index in [1.54, 1.807) is 47.8 Å². The van der Waals surface area contributed by atoms with Gasteiger partial charge >= 0.3 is 0 Å². The summed E-state index contributed by atoms with van der Waals surface area (Å²) in [4.78, 5) is 26.0. The van der Waals surface area contributed by atoms with E-state index in [0.717, 1.165) is 11.3 Å². The van der Waals surface area contributed by atoms with Crippen LogP contribution in [0.1, 0.15) is 12.6 Å². The first kappa shape index (κ1) is 19.9. The summed E-state index contributed by atoms with van der Waals surface area (Å²) < 4.78 is 0. The van der Waals surface area contributed by atoms with E-state index in [2.05, 4.69) is 20.3 Å². The fraction of sp³-hybridized carbons (Fsp3) is 0.150. The predicted octanol–water partition coefficient (Wildman–Crippen LogP) is 1.87. The molecule has 9 heteroatoms. The monoisotopic (exact) mass is 390 g/mol. The second-order valence-electron chi connectivity index (χ2n) is 6.12. The average Bonchev–Trinajstić information content (AvgIpc) is 2.76. The summed E-state index contributed by atoms with van der Waals surface area (Å²) in [5.41, 5.74) is 14.4. The van der Waals surface area contributed by atoms with Gasteiger partial charge in [-0.2, -0.15) is 0 Å². The van der Waals surface area contributed by atoms with Crippen molar-refractivity contribution in [2.24, 2.45) is 5.73 Å². The van der Waals surface area contributed by atoms with E-state index in [0.29, 0.717) is 23.6 Å². The molecule has 0 radical (unpaired) electrons. The highest BCUT2D eigenvalue weighted by atomic mass is 16.1. The molecule has 6 N–H and O–H groups in total. The molecule has 3 aromatic rings. The number of nitrogens with one attached hydrogen (secondary N) is 2. The highest BCUT2D eigenvalue weighted by Crippen LogP contribution is 2.23. The Morgan fingerprint density at radius 3 is 2.48 bits per heavy atom. The fourth-order valence-corrected chi connectivity index (χ4v) is 2.77. The summed E-state index contributed by atoms with van der Waals surface area (Å²) in [7, 11) is 0. The Hall–Kier alpha value is -3.85. The number of carbonyl (C=O) groups excluding carboxylic acids is 1. The molecule has 0 aliphatic rings. The Bertz CT molecular complexity index is 1000. The van der Waals surface area contributed by atoms with Gasteiger partial charge in [-0.05, 0) is 31.2 Å². The molecule has 1 aromatic carbocycles. The maximum Gasteiger partial charge on any atom is 0.238 e. The number of rotatable bonds is 6. The topological polar surface area (TPSA) is 147 Å². The second kappa shape index (κ2) is 8.89. The van der Waals surface area contributed by atoms with Gasteiger partial charge in [0.1, 0.15) is 5.69 Å². The van der Waals surface area contributed by atoms with E-state index in [-0.39, 0.29) is 24.1 Å². The Morgan fingerprint density at radius 2 is 1.86 bits per heavy atom. The van der Waals surface area contributed by atoms with Crippen molar-refractivity contribution in [3.63, 3.8) is 0 Å². The molecule has 29 heavy (non-hydrogen) atoms.